The molecule has 0 heterocycles. The zero-order valence-corrected chi connectivity index (χ0v) is 14.0. The summed E-state index contributed by atoms with van der Waals surface area (Å²) in [5, 5.41) is 13.3. The quantitative estimate of drug-likeness (QED) is 0.785. The maximum absolute atomic E-state index is 11.6. The normalized spacial score (nSPS) is 11.4. The largest absolute Gasteiger partial charge is 0.337 e. The molecule has 126 valence electrons. The molecular formula is C16H18N4O3S. The Morgan fingerprint density at radius 1 is 0.958 bits per heavy atom. The van der Waals surface area contributed by atoms with Gasteiger partial charge in [0, 0.05) is 18.5 Å². The van der Waals surface area contributed by atoms with Gasteiger partial charge in [-0.3, -0.25) is 0 Å². The van der Waals surface area contributed by atoms with Gasteiger partial charge in [-0.1, -0.05) is 18.2 Å². The second kappa shape index (κ2) is 8.21. The van der Waals surface area contributed by atoms with Crippen LogP contribution in [0, 0.1) is 0 Å². The van der Waals surface area contributed by atoms with E-state index in [0.717, 1.165) is 11.9 Å². The lowest BCUT2D eigenvalue weighted by atomic mass is 10.3. The highest BCUT2D eigenvalue weighted by Crippen LogP contribution is 2.19. The first-order valence-corrected chi connectivity index (χ1v) is 9.28. The third-order valence-corrected chi connectivity index (χ3v) is 3.87. The molecule has 8 heteroatoms. The first kappa shape index (κ1) is 17.6. The van der Waals surface area contributed by atoms with Gasteiger partial charge in [0.15, 0.2) is 0 Å². The van der Waals surface area contributed by atoms with Crippen LogP contribution in [0.5, 0.6) is 0 Å². The van der Waals surface area contributed by atoms with Crippen LogP contribution in [-0.2, 0) is 9.84 Å². The molecule has 0 fully saturated rings. The number of sulfone groups is 1. The number of anilines is 1. The summed E-state index contributed by atoms with van der Waals surface area (Å²) < 4.78 is 22.0. The van der Waals surface area contributed by atoms with Crippen LogP contribution in [0.2, 0.25) is 0 Å². The van der Waals surface area contributed by atoms with Crippen LogP contribution in [-0.4, -0.2) is 33.0 Å². The molecule has 2 N–H and O–H groups in total. The summed E-state index contributed by atoms with van der Waals surface area (Å²) in [5.41, 5.74) is 1.98. The summed E-state index contributed by atoms with van der Waals surface area (Å²) in [7, 11) is -3.09. The van der Waals surface area contributed by atoms with Crippen LogP contribution < -0.4 is 10.6 Å². The molecule has 2 rings (SSSR count). The molecule has 0 saturated heterocycles. The van der Waals surface area contributed by atoms with Crippen LogP contribution in [0.15, 0.2) is 64.8 Å². The van der Waals surface area contributed by atoms with Crippen molar-refractivity contribution in [3.05, 3.63) is 54.6 Å². The third kappa shape index (κ3) is 6.57. The number of carbonyl (C=O) groups excluding carboxylic acids is 1. The Labute approximate surface area is 140 Å². The molecule has 2 aromatic carbocycles. The van der Waals surface area contributed by atoms with Gasteiger partial charge in [0.25, 0.3) is 0 Å². The molecular weight excluding hydrogens is 328 g/mol. The summed E-state index contributed by atoms with van der Waals surface area (Å²) in [6.07, 6.45) is 1.12. The number of nitrogens with one attached hydrogen (secondary N) is 2. The topological polar surface area (TPSA) is 100.0 Å². The van der Waals surface area contributed by atoms with Crippen LogP contribution in [0.3, 0.4) is 0 Å². The Kier molecular flexibility index (Phi) is 6.02. The van der Waals surface area contributed by atoms with E-state index in [1.165, 1.54) is 0 Å². The Hall–Kier alpha value is -2.74. The fourth-order valence-corrected chi connectivity index (χ4v) is 2.22. The van der Waals surface area contributed by atoms with Crippen molar-refractivity contribution in [1.29, 1.82) is 0 Å². The van der Waals surface area contributed by atoms with Crippen molar-refractivity contribution in [2.24, 2.45) is 10.2 Å². The minimum atomic E-state index is -3.09. The highest BCUT2D eigenvalue weighted by Gasteiger charge is 2.05. The summed E-state index contributed by atoms with van der Waals surface area (Å²) in [6, 6.07) is 15.7. The van der Waals surface area contributed by atoms with E-state index in [0.29, 0.717) is 11.4 Å². The Bertz CT molecular complexity index is 803. The standard InChI is InChI=1S/C16H18N4O3S/c1-24(22,23)12-11-17-16(21)18-13-7-9-15(10-8-13)20-19-14-5-3-2-4-6-14/h2-10H,11-12H2,1H3,(H2,17,18,21). The summed E-state index contributed by atoms with van der Waals surface area (Å²) in [5.74, 6) is -0.0980. The number of benzene rings is 2. The fourth-order valence-electron chi connectivity index (χ4n) is 1.75. The fraction of sp³-hybridized carbons (Fsp3) is 0.188. The molecule has 0 bridgehead atoms. The smallest absolute Gasteiger partial charge is 0.319 e. The zero-order valence-electron chi connectivity index (χ0n) is 13.1. The van der Waals surface area contributed by atoms with Crippen molar-refractivity contribution in [3.63, 3.8) is 0 Å². The lowest BCUT2D eigenvalue weighted by molar-refractivity contribution is 0.252. The molecule has 24 heavy (non-hydrogen) atoms. The van der Waals surface area contributed by atoms with E-state index >= 15 is 0 Å². The van der Waals surface area contributed by atoms with Crippen molar-refractivity contribution in [2.75, 3.05) is 23.9 Å². The lowest BCUT2D eigenvalue weighted by Crippen LogP contribution is -2.32. The molecule has 0 aliphatic heterocycles. The molecule has 2 aromatic rings. The van der Waals surface area contributed by atoms with Crippen LogP contribution in [0.4, 0.5) is 21.9 Å². The van der Waals surface area contributed by atoms with E-state index in [-0.39, 0.29) is 12.3 Å². The van der Waals surface area contributed by atoms with Gasteiger partial charge in [0.2, 0.25) is 0 Å². The maximum atomic E-state index is 11.6. The van der Waals surface area contributed by atoms with Crippen LogP contribution in [0.1, 0.15) is 0 Å². The first-order chi connectivity index (χ1) is 11.4. The second-order valence-electron chi connectivity index (χ2n) is 5.09. The van der Waals surface area contributed by atoms with Gasteiger partial charge in [-0.25, -0.2) is 13.2 Å². The number of amides is 2. The molecule has 0 atom stereocenters. The van der Waals surface area contributed by atoms with E-state index in [9.17, 15) is 13.2 Å². The molecule has 0 spiro atoms. The van der Waals surface area contributed by atoms with Crippen molar-refractivity contribution in [1.82, 2.24) is 5.32 Å². The number of rotatable bonds is 6. The number of hydrogen-bond acceptors (Lipinski definition) is 5. The first-order valence-electron chi connectivity index (χ1n) is 7.22. The van der Waals surface area contributed by atoms with E-state index in [2.05, 4.69) is 20.9 Å². The molecule has 2 amide bonds. The number of hydrogen-bond donors (Lipinski definition) is 2. The van der Waals surface area contributed by atoms with Gasteiger partial charge in [0.05, 0.1) is 17.1 Å². The molecule has 0 unspecified atom stereocenters. The van der Waals surface area contributed by atoms with Crippen molar-refractivity contribution in [3.8, 4) is 0 Å². The van der Waals surface area contributed by atoms with Gasteiger partial charge in [0.1, 0.15) is 9.84 Å². The van der Waals surface area contributed by atoms with Crippen LogP contribution >= 0.6 is 0 Å². The summed E-state index contributed by atoms with van der Waals surface area (Å²) in [6.45, 7) is 0.0635. The van der Waals surface area contributed by atoms with Crippen LogP contribution in [0.25, 0.3) is 0 Å². The summed E-state index contributed by atoms with van der Waals surface area (Å²) in [4.78, 5) is 11.6. The predicted octanol–water partition coefficient (Wildman–Crippen LogP) is 3.27. The zero-order chi connectivity index (χ0) is 17.4. The Balaban J connectivity index is 1.85. The molecule has 0 radical (unpaired) electrons. The van der Waals surface area contributed by atoms with Crippen molar-refractivity contribution in [2.45, 2.75) is 0 Å². The van der Waals surface area contributed by atoms with Gasteiger partial charge in [-0.2, -0.15) is 10.2 Å². The lowest BCUT2D eigenvalue weighted by Gasteiger charge is -2.07. The minimum Gasteiger partial charge on any atom is -0.337 e. The van der Waals surface area contributed by atoms with Gasteiger partial charge >= 0.3 is 6.03 Å². The Morgan fingerprint density at radius 2 is 1.54 bits per heavy atom. The van der Waals surface area contributed by atoms with E-state index in [4.69, 9.17) is 0 Å². The van der Waals surface area contributed by atoms with Crippen molar-refractivity contribution < 1.29 is 13.2 Å². The predicted molar refractivity (Wildman–Crippen MR) is 93.8 cm³/mol. The average molecular weight is 346 g/mol. The maximum Gasteiger partial charge on any atom is 0.319 e. The van der Waals surface area contributed by atoms with Gasteiger partial charge in [-0.15, -0.1) is 0 Å². The molecule has 0 saturated carbocycles. The van der Waals surface area contributed by atoms with E-state index in [1.807, 2.05) is 30.3 Å². The number of carbonyl (C=O) groups is 1. The molecule has 0 aliphatic rings. The monoisotopic (exact) mass is 346 g/mol. The Morgan fingerprint density at radius 3 is 2.12 bits per heavy atom. The number of urea groups is 1. The molecule has 0 aliphatic carbocycles. The second-order valence-corrected chi connectivity index (χ2v) is 7.35. The molecule has 7 nitrogen and oxygen atoms in total. The number of nitrogens with zero attached hydrogens (tertiary/aromatic N) is 2. The minimum absolute atomic E-state index is 0.0635. The summed E-state index contributed by atoms with van der Waals surface area (Å²) >= 11 is 0. The highest BCUT2D eigenvalue weighted by molar-refractivity contribution is 7.90. The SMILES string of the molecule is CS(=O)(=O)CCNC(=O)Nc1ccc(N=Nc2ccccc2)cc1. The van der Waals surface area contributed by atoms with E-state index < -0.39 is 15.9 Å². The van der Waals surface area contributed by atoms with E-state index in [1.54, 1.807) is 24.3 Å². The highest BCUT2D eigenvalue weighted by atomic mass is 32.2. The van der Waals surface area contributed by atoms with Gasteiger partial charge in [-0.05, 0) is 36.4 Å². The third-order valence-electron chi connectivity index (χ3n) is 2.92. The van der Waals surface area contributed by atoms with Crippen molar-refractivity contribution >= 4 is 32.9 Å². The number of azo groups is 1. The molecule has 0 aromatic heterocycles. The average Bonchev–Trinajstić information content (AvgIpc) is 2.54. The van der Waals surface area contributed by atoms with Gasteiger partial charge < -0.3 is 10.6 Å².